The number of aromatic carboxylic acids is 1. The number of carboxylic acids is 1. The number of carbonyl (C=O) groups is 1. The fourth-order valence-electron chi connectivity index (χ4n) is 1.71. The SMILES string of the molecule is O=C(O)c1cc(C(F)(F)F)ccc1Nc1ccccc1I. The van der Waals surface area contributed by atoms with Crippen LogP contribution in [-0.2, 0) is 6.18 Å². The summed E-state index contributed by atoms with van der Waals surface area (Å²) in [5, 5.41) is 11.9. The minimum atomic E-state index is -4.58. The van der Waals surface area contributed by atoms with Crippen molar-refractivity contribution in [3.05, 3.63) is 57.2 Å². The molecule has 2 rings (SSSR count). The van der Waals surface area contributed by atoms with Crippen LogP contribution in [0.4, 0.5) is 24.5 Å². The van der Waals surface area contributed by atoms with Crippen LogP contribution >= 0.6 is 22.6 Å². The molecule has 2 aromatic rings. The van der Waals surface area contributed by atoms with Crippen LogP contribution in [0.5, 0.6) is 0 Å². The van der Waals surface area contributed by atoms with Crippen molar-refractivity contribution in [1.29, 1.82) is 0 Å². The molecule has 0 bridgehead atoms. The Morgan fingerprint density at radius 1 is 1.10 bits per heavy atom. The van der Waals surface area contributed by atoms with Gasteiger partial charge in [0.05, 0.1) is 22.5 Å². The van der Waals surface area contributed by atoms with Crippen LogP contribution in [0.2, 0.25) is 0 Å². The molecule has 7 heteroatoms. The molecule has 0 saturated heterocycles. The van der Waals surface area contributed by atoms with Crippen molar-refractivity contribution < 1.29 is 23.1 Å². The topological polar surface area (TPSA) is 49.3 Å². The number of para-hydroxylation sites is 1. The monoisotopic (exact) mass is 407 g/mol. The second-order valence-corrected chi connectivity index (χ2v) is 5.33. The number of anilines is 2. The van der Waals surface area contributed by atoms with Crippen molar-refractivity contribution in [3.63, 3.8) is 0 Å². The average molecular weight is 407 g/mol. The smallest absolute Gasteiger partial charge is 0.416 e. The van der Waals surface area contributed by atoms with E-state index < -0.39 is 23.3 Å². The summed E-state index contributed by atoms with van der Waals surface area (Å²) in [7, 11) is 0. The third kappa shape index (κ3) is 3.66. The van der Waals surface area contributed by atoms with E-state index >= 15 is 0 Å². The molecule has 0 fully saturated rings. The van der Waals surface area contributed by atoms with Gasteiger partial charge in [-0.1, -0.05) is 12.1 Å². The van der Waals surface area contributed by atoms with Crippen LogP contribution in [0.3, 0.4) is 0 Å². The highest BCUT2D eigenvalue weighted by Crippen LogP contribution is 2.33. The first-order valence-electron chi connectivity index (χ1n) is 5.75. The first kappa shape index (κ1) is 15.6. The first-order chi connectivity index (χ1) is 9.79. The Labute approximate surface area is 131 Å². The summed E-state index contributed by atoms with van der Waals surface area (Å²) >= 11 is 2.05. The molecule has 0 aliphatic carbocycles. The largest absolute Gasteiger partial charge is 0.478 e. The van der Waals surface area contributed by atoms with Gasteiger partial charge in [0, 0.05) is 3.57 Å². The van der Waals surface area contributed by atoms with Crippen molar-refractivity contribution >= 4 is 39.9 Å². The molecule has 0 aliphatic heterocycles. The van der Waals surface area contributed by atoms with Gasteiger partial charge in [0.25, 0.3) is 0 Å². The molecular formula is C14H9F3INO2. The van der Waals surface area contributed by atoms with Gasteiger partial charge in [-0.25, -0.2) is 4.79 Å². The zero-order valence-electron chi connectivity index (χ0n) is 10.4. The van der Waals surface area contributed by atoms with E-state index in [-0.39, 0.29) is 5.69 Å². The van der Waals surface area contributed by atoms with Gasteiger partial charge < -0.3 is 10.4 Å². The standard InChI is InChI=1S/C14H9F3INO2/c15-14(16,17)8-5-6-11(9(7-8)13(20)21)19-12-4-2-1-3-10(12)18/h1-7,19H,(H,20,21). The summed E-state index contributed by atoms with van der Waals surface area (Å²) in [5.41, 5.74) is -0.683. The van der Waals surface area contributed by atoms with E-state index in [1.165, 1.54) is 0 Å². The molecule has 0 radical (unpaired) electrons. The Hall–Kier alpha value is -1.77. The number of rotatable bonds is 3. The van der Waals surface area contributed by atoms with Gasteiger partial charge in [-0.05, 0) is 52.9 Å². The van der Waals surface area contributed by atoms with Gasteiger partial charge in [-0.2, -0.15) is 13.2 Å². The van der Waals surface area contributed by atoms with Crippen LogP contribution in [-0.4, -0.2) is 11.1 Å². The Bertz CT molecular complexity index is 686. The first-order valence-corrected chi connectivity index (χ1v) is 6.83. The Balaban J connectivity index is 2.45. The van der Waals surface area contributed by atoms with Crippen LogP contribution < -0.4 is 5.32 Å². The Kier molecular flexibility index (Phi) is 4.40. The third-order valence-corrected chi connectivity index (χ3v) is 3.66. The highest BCUT2D eigenvalue weighted by molar-refractivity contribution is 14.1. The minimum absolute atomic E-state index is 0.111. The zero-order valence-corrected chi connectivity index (χ0v) is 12.6. The van der Waals surface area contributed by atoms with Crippen LogP contribution in [0, 0.1) is 3.57 Å². The van der Waals surface area contributed by atoms with Gasteiger partial charge in [0.1, 0.15) is 0 Å². The molecule has 21 heavy (non-hydrogen) atoms. The highest BCUT2D eigenvalue weighted by atomic mass is 127. The number of carboxylic acid groups (broad SMARTS) is 1. The van der Waals surface area contributed by atoms with Gasteiger partial charge >= 0.3 is 12.1 Å². The molecule has 2 aromatic carbocycles. The molecule has 0 amide bonds. The summed E-state index contributed by atoms with van der Waals surface area (Å²) in [4.78, 5) is 11.2. The average Bonchev–Trinajstić information content (AvgIpc) is 2.40. The molecule has 110 valence electrons. The van der Waals surface area contributed by atoms with Crippen LogP contribution in [0.25, 0.3) is 0 Å². The fourth-order valence-corrected chi connectivity index (χ4v) is 2.24. The van der Waals surface area contributed by atoms with Crippen molar-refractivity contribution in [2.45, 2.75) is 6.18 Å². The van der Waals surface area contributed by atoms with Crippen LogP contribution in [0.15, 0.2) is 42.5 Å². The lowest BCUT2D eigenvalue weighted by Crippen LogP contribution is -2.09. The highest BCUT2D eigenvalue weighted by Gasteiger charge is 2.31. The van der Waals surface area contributed by atoms with E-state index in [9.17, 15) is 18.0 Å². The predicted octanol–water partition coefficient (Wildman–Crippen LogP) is 4.75. The van der Waals surface area contributed by atoms with E-state index in [2.05, 4.69) is 5.32 Å². The van der Waals surface area contributed by atoms with Crippen molar-refractivity contribution in [2.24, 2.45) is 0 Å². The van der Waals surface area contributed by atoms with E-state index in [1.807, 2.05) is 22.6 Å². The van der Waals surface area contributed by atoms with Gasteiger partial charge in [-0.3, -0.25) is 0 Å². The Morgan fingerprint density at radius 3 is 2.33 bits per heavy atom. The third-order valence-electron chi connectivity index (χ3n) is 2.72. The number of alkyl halides is 3. The summed E-state index contributed by atoms with van der Waals surface area (Å²) in [6, 6.07) is 9.66. The van der Waals surface area contributed by atoms with Crippen molar-refractivity contribution in [1.82, 2.24) is 0 Å². The Morgan fingerprint density at radius 2 is 1.76 bits per heavy atom. The fraction of sp³-hybridized carbons (Fsp3) is 0.0714. The maximum absolute atomic E-state index is 12.6. The molecule has 0 aromatic heterocycles. The normalized spacial score (nSPS) is 11.2. The molecule has 0 atom stereocenters. The maximum atomic E-state index is 12.6. The van der Waals surface area contributed by atoms with Crippen molar-refractivity contribution in [3.8, 4) is 0 Å². The molecule has 0 unspecified atom stereocenters. The molecule has 0 spiro atoms. The van der Waals surface area contributed by atoms with Gasteiger partial charge in [-0.15, -0.1) is 0 Å². The molecule has 2 N–H and O–H groups in total. The minimum Gasteiger partial charge on any atom is -0.478 e. The number of halogens is 4. The molecule has 0 aliphatic rings. The molecule has 0 heterocycles. The maximum Gasteiger partial charge on any atom is 0.416 e. The van der Waals surface area contributed by atoms with E-state index in [0.29, 0.717) is 11.8 Å². The quantitative estimate of drug-likeness (QED) is 0.723. The van der Waals surface area contributed by atoms with E-state index in [4.69, 9.17) is 5.11 Å². The molecule has 0 saturated carbocycles. The molecular weight excluding hydrogens is 398 g/mol. The summed E-state index contributed by atoms with van der Waals surface area (Å²) < 4.78 is 38.7. The number of hydrogen-bond donors (Lipinski definition) is 2. The number of nitrogens with one attached hydrogen (secondary N) is 1. The van der Waals surface area contributed by atoms with Gasteiger partial charge in [0.15, 0.2) is 0 Å². The van der Waals surface area contributed by atoms with Crippen molar-refractivity contribution in [2.75, 3.05) is 5.32 Å². The van der Waals surface area contributed by atoms with Crippen LogP contribution in [0.1, 0.15) is 15.9 Å². The summed E-state index contributed by atoms with van der Waals surface area (Å²) in [6.07, 6.45) is -4.58. The van der Waals surface area contributed by atoms with Gasteiger partial charge in [0.2, 0.25) is 0 Å². The molecule has 3 nitrogen and oxygen atoms in total. The van der Waals surface area contributed by atoms with E-state index in [0.717, 1.165) is 15.7 Å². The zero-order chi connectivity index (χ0) is 15.6. The summed E-state index contributed by atoms with van der Waals surface area (Å²) in [5.74, 6) is -1.42. The lowest BCUT2D eigenvalue weighted by atomic mass is 10.1. The predicted molar refractivity (Wildman–Crippen MR) is 80.8 cm³/mol. The number of hydrogen-bond acceptors (Lipinski definition) is 2. The van der Waals surface area contributed by atoms with E-state index in [1.54, 1.807) is 24.3 Å². The second kappa shape index (κ2) is 5.92. The number of benzene rings is 2. The second-order valence-electron chi connectivity index (χ2n) is 4.17. The summed E-state index contributed by atoms with van der Waals surface area (Å²) in [6.45, 7) is 0. The lowest BCUT2D eigenvalue weighted by molar-refractivity contribution is -0.137. The lowest BCUT2D eigenvalue weighted by Gasteiger charge is -2.13.